The van der Waals surface area contributed by atoms with Crippen molar-refractivity contribution in [3.63, 3.8) is 0 Å². The standard InChI is InChI=1S/C15H19F3N2OS.ClH/c1-10(11-2-4-12(5-3-11)15(16,17)18)20-14(21)8-13-9-22-7-6-19-13;/h2-5,10,13,19H,6-9H2,1H3,(H,20,21);1H. The van der Waals surface area contributed by atoms with Crippen molar-refractivity contribution in [3.05, 3.63) is 35.4 Å². The first-order valence-corrected chi connectivity index (χ1v) is 8.29. The predicted octanol–water partition coefficient (Wildman–Crippen LogP) is 3.40. The van der Waals surface area contributed by atoms with Gasteiger partial charge >= 0.3 is 6.18 Å². The van der Waals surface area contributed by atoms with E-state index in [-0.39, 0.29) is 30.4 Å². The maximum absolute atomic E-state index is 12.5. The summed E-state index contributed by atoms with van der Waals surface area (Å²) in [5, 5.41) is 6.11. The SMILES string of the molecule is CC(NC(=O)CC1CSCCN1)c1ccc(C(F)(F)F)cc1.Cl. The molecule has 0 bridgehead atoms. The lowest BCUT2D eigenvalue weighted by molar-refractivity contribution is -0.137. The molecule has 0 saturated carbocycles. The highest BCUT2D eigenvalue weighted by molar-refractivity contribution is 7.99. The topological polar surface area (TPSA) is 41.1 Å². The zero-order valence-corrected chi connectivity index (χ0v) is 14.3. The van der Waals surface area contributed by atoms with E-state index >= 15 is 0 Å². The fourth-order valence-electron chi connectivity index (χ4n) is 2.32. The molecule has 0 aliphatic carbocycles. The van der Waals surface area contributed by atoms with E-state index < -0.39 is 11.7 Å². The number of thioether (sulfide) groups is 1. The van der Waals surface area contributed by atoms with Crippen molar-refractivity contribution in [2.45, 2.75) is 31.6 Å². The average Bonchev–Trinajstić information content (AvgIpc) is 2.47. The Balaban J connectivity index is 0.00000264. The van der Waals surface area contributed by atoms with Gasteiger partial charge in [-0.15, -0.1) is 12.4 Å². The maximum Gasteiger partial charge on any atom is 0.416 e. The van der Waals surface area contributed by atoms with E-state index in [1.807, 2.05) is 11.8 Å². The van der Waals surface area contributed by atoms with Gasteiger partial charge in [-0.2, -0.15) is 24.9 Å². The Morgan fingerprint density at radius 3 is 2.57 bits per heavy atom. The number of carbonyl (C=O) groups excluding carboxylic acids is 1. The van der Waals surface area contributed by atoms with Crippen LogP contribution in [0.3, 0.4) is 0 Å². The molecular formula is C15H20ClF3N2OS. The summed E-state index contributed by atoms with van der Waals surface area (Å²) < 4.78 is 37.5. The van der Waals surface area contributed by atoms with Crippen LogP contribution in [0.25, 0.3) is 0 Å². The molecule has 8 heteroatoms. The number of hydrogen-bond acceptors (Lipinski definition) is 3. The van der Waals surface area contributed by atoms with Crippen LogP contribution >= 0.6 is 24.2 Å². The quantitative estimate of drug-likeness (QED) is 0.855. The van der Waals surface area contributed by atoms with Crippen molar-refractivity contribution < 1.29 is 18.0 Å². The molecule has 1 aliphatic rings. The Labute approximate surface area is 144 Å². The van der Waals surface area contributed by atoms with E-state index in [2.05, 4.69) is 10.6 Å². The normalized spacial score (nSPS) is 19.6. The number of amides is 1. The molecule has 0 radical (unpaired) electrons. The van der Waals surface area contributed by atoms with Crippen LogP contribution in [-0.2, 0) is 11.0 Å². The number of halogens is 4. The lowest BCUT2D eigenvalue weighted by Crippen LogP contribution is -2.41. The summed E-state index contributed by atoms with van der Waals surface area (Å²) in [6.07, 6.45) is -3.95. The number of carbonyl (C=O) groups is 1. The molecule has 1 aromatic carbocycles. The van der Waals surface area contributed by atoms with Crippen molar-refractivity contribution in [2.24, 2.45) is 0 Å². The van der Waals surface area contributed by atoms with Crippen LogP contribution < -0.4 is 10.6 Å². The summed E-state index contributed by atoms with van der Waals surface area (Å²) >= 11 is 1.82. The van der Waals surface area contributed by atoms with Gasteiger partial charge in [0.15, 0.2) is 0 Å². The van der Waals surface area contributed by atoms with Crippen molar-refractivity contribution in [1.29, 1.82) is 0 Å². The number of benzene rings is 1. The summed E-state index contributed by atoms with van der Waals surface area (Å²) in [5.41, 5.74) is -0.0227. The second-order valence-corrected chi connectivity index (χ2v) is 6.49. The molecular weight excluding hydrogens is 349 g/mol. The molecule has 23 heavy (non-hydrogen) atoms. The van der Waals surface area contributed by atoms with E-state index in [1.165, 1.54) is 12.1 Å². The van der Waals surface area contributed by atoms with E-state index in [0.29, 0.717) is 12.0 Å². The maximum atomic E-state index is 12.5. The molecule has 1 saturated heterocycles. The van der Waals surface area contributed by atoms with Gasteiger partial charge in [-0.05, 0) is 24.6 Å². The minimum atomic E-state index is -4.34. The van der Waals surface area contributed by atoms with Crippen molar-refractivity contribution in [1.82, 2.24) is 10.6 Å². The van der Waals surface area contributed by atoms with Gasteiger partial charge in [0.05, 0.1) is 11.6 Å². The Hall–Kier alpha value is -0.920. The number of hydrogen-bond donors (Lipinski definition) is 2. The van der Waals surface area contributed by atoms with Crippen LogP contribution in [0.4, 0.5) is 13.2 Å². The van der Waals surface area contributed by atoms with E-state index in [0.717, 1.165) is 30.2 Å². The molecule has 3 nitrogen and oxygen atoms in total. The van der Waals surface area contributed by atoms with E-state index in [9.17, 15) is 18.0 Å². The molecule has 1 heterocycles. The molecule has 130 valence electrons. The Bertz CT molecular complexity index is 504. The monoisotopic (exact) mass is 368 g/mol. The minimum absolute atomic E-state index is 0. The van der Waals surface area contributed by atoms with Gasteiger partial charge in [-0.25, -0.2) is 0 Å². The van der Waals surface area contributed by atoms with Crippen molar-refractivity contribution in [2.75, 3.05) is 18.1 Å². The van der Waals surface area contributed by atoms with Crippen LogP contribution in [-0.4, -0.2) is 30.0 Å². The van der Waals surface area contributed by atoms with Crippen LogP contribution in [0.5, 0.6) is 0 Å². The lowest BCUT2D eigenvalue weighted by atomic mass is 10.1. The first kappa shape index (κ1) is 20.1. The first-order chi connectivity index (χ1) is 10.4. The third-order valence-electron chi connectivity index (χ3n) is 3.55. The highest BCUT2D eigenvalue weighted by atomic mass is 35.5. The third-order valence-corrected chi connectivity index (χ3v) is 4.68. The molecule has 2 unspecified atom stereocenters. The van der Waals surface area contributed by atoms with Gasteiger partial charge in [0.1, 0.15) is 0 Å². The van der Waals surface area contributed by atoms with Crippen molar-refractivity contribution in [3.8, 4) is 0 Å². The van der Waals surface area contributed by atoms with Gasteiger partial charge in [-0.3, -0.25) is 4.79 Å². The van der Waals surface area contributed by atoms with Gasteiger partial charge in [-0.1, -0.05) is 12.1 Å². The van der Waals surface area contributed by atoms with Gasteiger partial charge in [0.25, 0.3) is 0 Å². The summed E-state index contributed by atoms with van der Waals surface area (Å²) in [6, 6.07) is 4.74. The summed E-state index contributed by atoms with van der Waals surface area (Å²) in [5.74, 6) is 1.87. The predicted molar refractivity (Wildman–Crippen MR) is 89.0 cm³/mol. The Kier molecular flexibility index (Phi) is 7.70. The number of nitrogens with one attached hydrogen (secondary N) is 2. The van der Waals surface area contributed by atoms with Crippen LogP contribution in [0.2, 0.25) is 0 Å². The second-order valence-electron chi connectivity index (χ2n) is 5.34. The fraction of sp³-hybridized carbons (Fsp3) is 0.533. The summed E-state index contributed by atoms with van der Waals surface area (Å²) in [7, 11) is 0. The third kappa shape index (κ3) is 6.24. The molecule has 0 aromatic heterocycles. The molecule has 2 N–H and O–H groups in total. The summed E-state index contributed by atoms with van der Waals surface area (Å²) in [4.78, 5) is 12.0. The van der Waals surface area contributed by atoms with Crippen molar-refractivity contribution >= 4 is 30.1 Å². The number of alkyl halides is 3. The zero-order valence-electron chi connectivity index (χ0n) is 12.7. The van der Waals surface area contributed by atoms with Gasteiger partial charge < -0.3 is 10.6 Å². The highest BCUT2D eigenvalue weighted by Crippen LogP contribution is 2.29. The zero-order chi connectivity index (χ0) is 16.2. The van der Waals surface area contributed by atoms with E-state index in [1.54, 1.807) is 6.92 Å². The van der Waals surface area contributed by atoms with Gasteiger partial charge in [0.2, 0.25) is 5.91 Å². The fourth-order valence-corrected chi connectivity index (χ4v) is 3.27. The molecule has 2 atom stereocenters. The second kappa shape index (κ2) is 8.80. The molecule has 1 aromatic rings. The molecule has 0 spiro atoms. The van der Waals surface area contributed by atoms with Crippen LogP contribution in [0, 0.1) is 0 Å². The van der Waals surface area contributed by atoms with Gasteiger partial charge in [0, 0.05) is 30.5 Å². The number of rotatable bonds is 4. The molecule has 1 amide bonds. The smallest absolute Gasteiger partial charge is 0.350 e. The minimum Gasteiger partial charge on any atom is -0.350 e. The Morgan fingerprint density at radius 2 is 2.04 bits per heavy atom. The molecule has 2 rings (SSSR count). The first-order valence-electron chi connectivity index (χ1n) is 7.14. The van der Waals surface area contributed by atoms with E-state index in [4.69, 9.17) is 0 Å². The molecule has 1 fully saturated rings. The highest BCUT2D eigenvalue weighted by Gasteiger charge is 2.30. The van der Waals surface area contributed by atoms with Crippen LogP contribution in [0.1, 0.15) is 30.5 Å². The average molecular weight is 369 g/mol. The Morgan fingerprint density at radius 1 is 1.39 bits per heavy atom. The lowest BCUT2D eigenvalue weighted by Gasteiger charge is -2.23. The molecule has 1 aliphatic heterocycles. The largest absolute Gasteiger partial charge is 0.416 e. The van der Waals surface area contributed by atoms with Crippen LogP contribution in [0.15, 0.2) is 24.3 Å². The summed E-state index contributed by atoms with van der Waals surface area (Å²) in [6.45, 7) is 2.67.